The molecule has 0 aliphatic carbocycles. The van der Waals surface area contributed by atoms with Gasteiger partial charge in [-0.3, -0.25) is 14.5 Å². The van der Waals surface area contributed by atoms with E-state index in [9.17, 15) is 28.6 Å². The highest BCUT2D eigenvalue weighted by molar-refractivity contribution is 6.51. The molecule has 1 unspecified atom stereocenters. The van der Waals surface area contributed by atoms with Crippen LogP contribution < -0.4 is 14.4 Å². The molecule has 1 fully saturated rings. The number of aliphatic hydroxyl groups is 1. The smallest absolute Gasteiger partial charge is 0.300 e. The molecule has 0 saturated carbocycles. The zero-order chi connectivity index (χ0) is 25.4. The predicted molar refractivity (Wildman–Crippen MR) is 124 cm³/mol. The Morgan fingerprint density at radius 2 is 1.71 bits per heavy atom. The van der Waals surface area contributed by atoms with Crippen LogP contribution in [0.2, 0.25) is 5.02 Å². The van der Waals surface area contributed by atoms with Crippen molar-refractivity contribution in [3.05, 3.63) is 88.0 Å². The van der Waals surface area contributed by atoms with E-state index < -0.39 is 35.1 Å². The Balaban J connectivity index is 2.01. The van der Waals surface area contributed by atoms with Crippen LogP contribution in [-0.2, 0) is 9.59 Å². The van der Waals surface area contributed by atoms with E-state index in [0.717, 1.165) is 23.1 Å². The lowest BCUT2D eigenvalue weighted by atomic mass is 9.94. The SMILES string of the molecule is COc1ccc(OC)c(/C(O)=C2\C(=O)C(=O)N(c3ccc(F)c(F)c3)C2c2ccc(O)c(Cl)c2)c1. The van der Waals surface area contributed by atoms with Gasteiger partial charge in [-0.1, -0.05) is 17.7 Å². The predicted octanol–water partition coefficient (Wildman–Crippen LogP) is 4.97. The fourth-order valence-corrected chi connectivity index (χ4v) is 4.08. The molecule has 0 aromatic heterocycles. The van der Waals surface area contributed by atoms with E-state index in [1.807, 2.05) is 0 Å². The molecule has 1 aliphatic rings. The largest absolute Gasteiger partial charge is 0.507 e. The topological polar surface area (TPSA) is 96.3 Å². The summed E-state index contributed by atoms with van der Waals surface area (Å²) in [5.41, 5.74) is -0.199. The molecule has 0 spiro atoms. The third-order valence-electron chi connectivity index (χ3n) is 5.58. The van der Waals surface area contributed by atoms with E-state index in [-0.39, 0.29) is 38.9 Å². The number of ether oxygens (including phenoxy) is 2. The zero-order valence-electron chi connectivity index (χ0n) is 18.4. The van der Waals surface area contributed by atoms with E-state index in [1.54, 1.807) is 6.07 Å². The van der Waals surface area contributed by atoms with Gasteiger partial charge in [-0.25, -0.2) is 8.78 Å². The summed E-state index contributed by atoms with van der Waals surface area (Å²) >= 11 is 6.07. The summed E-state index contributed by atoms with van der Waals surface area (Å²) in [6, 6.07) is 9.85. The number of benzene rings is 3. The first kappa shape index (κ1) is 24.0. The van der Waals surface area contributed by atoms with Crippen LogP contribution >= 0.6 is 11.6 Å². The average Bonchev–Trinajstić information content (AvgIpc) is 3.12. The first-order valence-corrected chi connectivity index (χ1v) is 10.5. The van der Waals surface area contributed by atoms with Crippen molar-refractivity contribution in [1.29, 1.82) is 0 Å². The van der Waals surface area contributed by atoms with Crippen LogP contribution in [0.5, 0.6) is 17.2 Å². The molecule has 10 heteroatoms. The van der Waals surface area contributed by atoms with Gasteiger partial charge in [0.15, 0.2) is 11.6 Å². The van der Waals surface area contributed by atoms with Crippen molar-refractivity contribution in [2.24, 2.45) is 0 Å². The molecule has 35 heavy (non-hydrogen) atoms. The highest BCUT2D eigenvalue weighted by Gasteiger charge is 2.47. The lowest BCUT2D eigenvalue weighted by molar-refractivity contribution is -0.132. The first-order valence-electron chi connectivity index (χ1n) is 10.1. The Morgan fingerprint density at radius 3 is 2.34 bits per heavy atom. The van der Waals surface area contributed by atoms with Gasteiger partial charge in [-0.2, -0.15) is 0 Å². The molecule has 0 bridgehead atoms. The second-order valence-corrected chi connectivity index (χ2v) is 7.95. The third-order valence-corrected chi connectivity index (χ3v) is 5.88. The molecule has 4 rings (SSSR count). The van der Waals surface area contributed by atoms with Gasteiger partial charge in [-0.15, -0.1) is 0 Å². The monoisotopic (exact) mass is 501 g/mol. The Kier molecular flexibility index (Phi) is 6.36. The van der Waals surface area contributed by atoms with E-state index in [4.69, 9.17) is 21.1 Å². The van der Waals surface area contributed by atoms with Gasteiger partial charge >= 0.3 is 0 Å². The lowest BCUT2D eigenvalue weighted by Gasteiger charge is -2.26. The molecule has 1 aliphatic heterocycles. The van der Waals surface area contributed by atoms with E-state index in [1.165, 1.54) is 44.6 Å². The summed E-state index contributed by atoms with van der Waals surface area (Å²) in [6.45, 7) is 0. The van der Waals surface area contributed by atoms with Crippen LogP contribution in [-0.4, -0.2) is 36.1 Å². The summed E-state index contributed by atoms with van der Waals surface area (Å²) < 4.78 is 38.1. The minimum Gasteiger partial charge on any atom is -0.507 e. The molecular weight excluding hydrogens is 484 g/mol. The van der Waals surface area contributed by atoms with Crippen LogP contribution in [0.15, 0.2) is 60.2 Å². The number of amides is 1. The lowest BCUT2D eigenvalue weighted by Crippen LogP contribution is -2.29. The molecule has 180 valence electrons. The normalized spacial score (nSPS) is 17.1. The molecule has 1 saturated heterocycles. The maximum absolute atomic E-state index is 14.1. The molecular formula is C25H18ClF2NO6. The summed E-state index contributed by atoms with van der Waals surface area (Å²) in [4.78, 5) is 27.3. The number of carbonyl (C=O) groups excluding carboxylic acids is 2. The van der Waals surface area contributed by atoms with Crippen molar-refractivity contribution < 1.29 is 38.1 Å². The Labute approximate surface area is 203 Å². The summed E-state index contributed by atoms with van der Waals surface area (Å²) in [5, 5.41) is 21.1. The fourth-order valence-electron chi connectivity index (χ4n) is 3.89. The highest BCUT2D eigenvalue weighted by atomic mass is 35.5. The number of phenols is 1. The number of hydrogen-bond acceptors (Lipinski definition) is 6. The van der Waals surface area contributed by atoms with Crippen molar-refractivity contribution in [2.75, 3.05) is 19.1 Å². The molecule has 0 radical (unpaired) electrons. The molecule has 1 atom stereocenters. The van der Waals surface area contributed by atoms with Gasteiger partial charge in [0, 0.05) is 11.8 Å². The van der Waals surface area contributed by atoms with Crippen molar-refractivity contribution in [2.45, 2.75) is 6.04 Å². The van der Waals surface area contributed by atoms with Crippen LogP contribution in [0.3, 0.4) is 0 Å². The standard InChI is InChI=1S/C25H18ClF2NO6/c1-34-14-5-8-20(35-2)15(11-14)23(31)21-22(12-3-7-19(30)16(26)9-12)29(25(33)24(21)32)13-4-6-17(27)18(28)10-13/h3-11,22,30-31H,1-2H3/b23-21+. The number of carbonyl (C=O) groups is 2. The maximum Gasteiger partial charge on any atom is 0.300 e. The molecule has 1 heterocycles. The average molecular weight is 502 g/mol. The Hall–Kier alpha value is -4.11. The van der Waals surface area contributed by atoms with Gasteiger partial charge < -0.3 is 19.7 Å². The van der Waals surface area contributed by atoms with Crippen molar-refractivity contribution in [3.63, 3.8) is 0 Å². The first-order chi connectivity index (χ1) is 16.7. The van der Waals surface area contributed by atoms with E-state index in [2.05, 4.69) is 0 Å². The second-order valence-electron chi connectivity index (χ2n) is 7.54. The number of aliphatic hydroxyl groups excluding tert-OH is 1. The summed E-state index contributed by atoms with van der Waals surface area (Å²) in [5.74, 6) is -4.86. The van der Waals surface area contributed by atoms with E-state index >= 15 is 0 Å². The summed E-state index contributed by atoms with van der Waals surface area (Å²) in [6.07, 6.45) is 0. The van der Waals surface area contributed by atoms with Gasteiger partial charge in [0.1, 0.15) is 23.0 Å². The van der Waals surface area contributed by atoms with Crippen molar-refractivity contribution >= 4 is 34.7 Å². The second kappa shape index (κ2) is 9.27. The Bertz CT molecular complexity index is 1390. The number of hydrogen-bond donors (Lipinski definition) is 2. The molecule has 7 nitrogen and oxygen atoms in total. The fraction of sp³-hybridized carbons (Fsp3) is 0.120. The van der Waals surface area contributed by atoms with Crippen LogP contribution in [0.4, 0.5) is 14.5 Å². The number of ketones is 1. The van der Waals surface area contributed by atoms with E-state index in [0.29, 0.717) is 5.75 Å². The van der Waals surface area contributed by atoms with Crippen molar-refractivity contribution in [3.8, 4) is 17.2 Å². The van der Waals surface area contributed by atoms with Gasteiger partial charge in [0.05, 0.1) is 36.4 Å². The molecule has 3 aromatic rings. The van der Waals surface area contributed by atoms with Gasteiger partial charge in [-0.05, 0) is 48.0 Å². The molecule has 1 amide bonds. The number of anilines is 1. The molecule has 2 N–H and O–H groups in total. The Morgan fingerprint density at radius 1 is 0.971 bits per heavy atom. The number of halogens is 3. The number of Topliss-reactive ketones (excluding diaryl/α,β-unsaturated/α-hetero) is 1. The van der Waals surface area contributed by atoms with Crippen LogP contribution in [0.1, 0.15) is 17.2 Å². The van der Waals surface area contributed by atoms with Gasteiger partial charge in [0.2, 0.25) is 0 Å². The molecule has 3 aromatic carbocycles. The summed E-state index contributed by atoms with van der Waals surface area (Å²) in [7, 11) is 2.77. The number of phenolic OH excluding ortho intramolecular Hbond substituents is 1. The number of rotatable bonds is 5. The van der Waals surface area contributed by atoms with Crippen LogP contribution in [0, 0.1) is 11.6 Å². The number of methoxy groups -OCH3 is 2. The minimum absolute atomic E-state index is 0.0602. The highest BCUT2D eigenvalue weighted by Crippen LogP contribution is 2.45. The minimum atomic E-state index is -1.30. The van der Waals surface area contributed by atoms with Gasteiger partial charge in [0.25, 0.3) is 11.7 Å². The zero-order valence-corrected chi connectivity index (χ0v) is 19.1. The number of aromatic hydroxyl groups is 1. The maximum atomic E-state index is 14.1. The third kappa shape index (κ3) is 4.15. The van der Waals surface area contributed by atoms with Crippen molar-refractivity contribution in [1.82, 2.24) is 0 Å². The number of nitrogens with zero attached hydrogens (tertiary/aromatic N) is 1. The van der Waals surface area contributed by atoms with Crippen LogP contribution in [0.25, 0.3) is 5.76 Å². The quantitative estimate of drug-likeness (QED) is 0.291.